The summed E-state index contributed by atoms with van der Waals surface area (Å²) in [5.41, 5.74) is 0.131. The lowest BCUT2D eigenvalue weighted by Gasteiger charge is -2.35. The van der Waals surface area contributed by atoms with Crippen molar-refractivity contribution in [3.63, 3.8) is 0 Å². The number of rotatable bonds is 4. The van der Waals surface area contributed by atoms with E-state index < -0.39 is 5.60 Å². The Morgan fingerprint density at radius 2 is 1.88 bits per heavy atom. The molecule has 2 aliphatic rings. The quantitative estimate of drug-likeness (QED) is 0.908. The van der Waals surface area contributed by atoms with Gasteiger partial charge in [-0.3, -0.25) is 9.69 Å². The Labute approximate surface area is 150 Å². The number of ether oxygens (including phenoxy) is 1. The maximum Gasteiger partial charge on any atom is 0.219 e. The van der Waals surface area contributed by atoms with Gasteiger partial charge in [0.25, 0.3) is 0 Å². The Morgan fingerprint density at radius 1 is 1.20 bits per heavy atom. The topological polar surface area (TPSA) is 53.0 Å². The third-order valence-corrected chi connectivity index (χ3v) is 5.45. The zero-order valence-corrected chi connectivity index (χ0v) is 15.4. The first-order valence-corrected chi connectivity index (χ1v) is 9.37. The molecule has 0 bridgehead atoms. The van der Waals surface area contributed by atoms with Gasteiger partial charge in [0, 0.05) is 32.6 Å². The highest BCUT2D eigenvalue weighted by Crippen LogP contribution is 2.27. The summed E-state index contributed by atoms with van der Waals surface area (Å²) in [7, 11) is 0. The second kappa shape index (κ2) is 7.75. The molecule has 0 spiro atoms. The van der Waals surface area contributed by atoms with Crippen molar-refractivity contribution in [1.29, 1.82) is 0 Å². The van der Waals surface area contributed by atoms with E-state index in [0.717, 1.165) is 12.3 Å². The number of amides is 1. The predicted octanol–water partition coefficient (Wildman–Crippen LogP) is 2.21. The van der Waals surface area contributed by atoms with Crippen LogP contribution in [0, 0.1) is 6.92 Å². The molecule has 5 heteroatoms. The Bertz CT molecular complexity index is 583. The second-order valence-corrected chi connectivity index (χ2v) is 7.68. The molecule has 1 atom stereocenters. The van der Waals surface area contributed by atoms with E-state index in [0.29, 0.717) is 25.7 Å². The van der Waals surface area contributed by atoms with Crippen molar-refractivity contribution in [2.45, 2.75) is 51.2 Å². The minimum absolute atomic E-state index is 0.0158. The summed E-state index contributed by atoms with van der Waals surface area (Å²) < 4.78 is 5.88. The number of aliphatic hydroxyl groups is 1. The first-order chi connectivity index (χ1) is 12.0. The average Bonchev–Trinajstić information content (AvgIpc) is 3.05. The van der Waals surface area contributed by atoms with Crippen molar-refractivity contribution in [3.05, 3.63) is 29.8 Å². The largest absolute Gasteiger partial charge is 0.490 e. The number of aryl methyl sites for hydroxylation is 1. The molecule has 1 saturated carbocycles. The van der Waals surface area contributed by atoms with Crippen molar-refractivity contribution in [3.8, 4) is 5.75 Å². The van der Waals surface area contributed by atoms with Crippen molar-refractivity contribution < 1.29 is 14.6 Å². The zero-order chi connectivity index (χ0) is 17.9. The molecule has 1 saturated heterocycles. The number of β-amino-alcohol motifs (C(OH)–C–C–N with tert-alkyl or cyclic N) is 1. The molecule has 1 aliphatic heterocycles. The standard InChI is InChI=1S/C20H30N2O3/c1-16-7-9-19(10-8-16)25-15-20(24)13-21(17(2)23)11-12-22(14-20)18-5-3-4-6-18/h7-10,18,24H,3-6,11-15H2,1-2H3/t20-/m1/s1. The van der Waals surface area contributed by atoms with Crippen LogP contribution in [0.15, 0.2) is 24.3 Å². The molecule has 0 unspecified atom stereocenters. The fourth-order valence-electron chi connectivity index (χ4n) is 3.98. The van der Waals surface area contributed by atoms with Crippen molar-refractivity contribution in [1.82, 2.24) is 9.80 Å². The molecule has 0 radical (unpaired) electrons. The summed E-state index contributed by atoms with van der Waals surface area (Å²) >= 11 is 0. The van der Waals surface area contributed by atoms with Crippen molar-refractivity contribution in [2.75, 3.05) is 32.8 Å². The summed E-state index contributed by atoms with van der Waals surface area (Å²) in [6, 6.07) is 8.37. The van der Waals surface area contributed by atoms with Gasteiger partial charge in [-0.05, 0) is 31.9 Å². The van der Waals surface area contributed by atoms with Crippen LogP contribution < -0.4 is 4.74 Å². The maximum atomic E-state index is 11.9. The van der Waals surface area contributed by atoms with Gasteiger partial charge in [0.15, 0.2) is 0 Å². The normalized spacial score (nSPS) is 25.8. The first-order valence-electron chi connectivity index (χ1n) is 9.37. The Balaban J connectivity index is 1.71. The number of carbonyl (C=O) groups excluding carboxylic acids is 1. The maximum absolute atomic E-state index is 11.9. The van der Waals surface area contributed by atoms with E-state index >= 15 is 0 Å². The number of nitrogens with zero attached hydrogens (tertiary/aromatic N) is 2. The van der Waals surface area contributed by atoms with Crippen LogP contribution in [0.1, 0.15) is 38.2 Å². The number of hydrogen-bond donors (Lipinski definition) is 1. The highest BCUT2D eigenvalue weighted by Gasteiger charge is 2.39. The molecule has 2 fully saturated rings. The van der Waals surface area contributed by atoms with E-state index in [-0.39, 0.29) is 12.5 Å². The fraction of sp³-hybridized carbons (Fsp3) is 0.650. The smallest absolute Gasteiger partial charge is 0.219 e. The molecule has 3 rings (SSSR count). The molecular weight excluding hydrogens is 316 g/mol. The Hall–Kier alpha value is -1.59. The molecule has 1 aliphatic carbocycles. The molecule has 1 amide bonds. The van der Waals surface area contributed by atoms with E-state index in [2.05, 4.69) is 4.90 Å². The zero-order valence-electron chi connectivity index (χ0n) is 15.4. The van der Waals surface area contributed by atoms with E-state index in [1.807, 2.05) is 31.2 Å². The highest BCUT2D eigenvalue weighted by atomic mass is 16.5. The summed E-state index contributed by atoms with van der Waals surface area (Å²) in [6.45, 7) is 6.21. The van der Waals surface area contributed by atoms with Crippen LogP contribution in [0.25, 0.3) is 0 Å². The van der Waals surface area contributed by atoms with Crippen LogP contribution in [0.2, 0.25) is 0 Å². The lowest BCUT2D eigenvalue weighted by Crippen LogP contribution is -2.53. The van der Waals surface area contributed by atoms with Crippen LogP contribution in [-0.2, 0) is 4.79 Å². The summed E-state index contributed by atoms with van der Waals surface area (Å²) in [4.78, 5) is 16.1. The van der Waals surface area contributed by atoms with E-state index in [1.54, 1.807) is 11.8 Å². The lowest BCUT2D eigenvalue weighted by molar-refractivity contribution is -0.132. The van der Waals surface area contributed by atoms with Gasteiger partial charge < -0.3 is 14.7 Å². The van der Waals surface area contributed by atoms with E-state index in [4.69, 9.17) is 4.74 Å². The molecule has 1 N–H and O–H groups in total. The molecule has 1 aromatic rings. The lowest BCUT2D eigenvalue weighted by atomic mass is 10.0. The predicted molar refractivity (Wildman–Crippen MR) is 97.7 cm³/mol. The average molecular weight is 346 g/mol. The molecule has 25 heavy (non-hydrogen) atoms. The summed E-state index contributed by atoms with van der Waals surface area (Å²) in [6.07, 6.45) is 4.90. The van der Waals surface area contributed by atoms with Crippen LogP contribution >= 0.6 is 0 Å². The number of hydrogen-bond acceptors (Lipinski definition) is 4. The third-order valence-electron chi connectivity index (χ3n) is 5.45. The molecule has 5 nitrogen and oxygen atoms in total. The van der Waals surface area contributed by atoms with Crippen LogP contribution in [0.5, 0.6) is 5.75 Å². The van der Waals surface area contributed by atoms with Gasteiger partial charge in [-0.25, -0.2) is 0 Å². The molecule has 1 aromatic carbocycles. The second-order valence-electron chi connectivity index (χ2n) is 7.68. The molecule has 0 aromatic heterocycles. The fourth-order valence-corrected chi connectivity index (χ4v) is 3.98. The molecule has 1 heterocycles. The van der Waals surface area contributed by atoms with Crippen LogP contribution in [-0.4, -0.2) is 65.2 Å². The van der Waals surface area contributed by atoms with Crippen LogP contribution in [0.4, 0.5) is 0 Å². The summed E-state index contributed by atoms with van der Waals surface area (Å²) in [5.74, 6) is 0.770. The van der Waals surface area contributed by atoms with Crippen molar-refractivity contribution >= 4 is 5.91 Å². The molecular formula is C20H30N2O3. The minimum atomic E-state index is -1.05. The third kappa shape index (κ3) is 4.73. The minimum Gasteiger partial charge on any atom is -0.490 e. The SMILES string of the molecule is CC(=O)N1CCN(C2CCCC2)C[C@@](O)(COc2ccc(C)cc2)C1. The highest BCUT2D eigenvalue weighted by molar-refractivity contribution is 5.73. The van der Waals surface area contributed by atoms with Crippen LogP contribution in [0.3, 0.4) is 0 Å². The van der Waals surface area contributed by atoms with Gasteiger partial charge >= 0.3 is 0 Å². The number of carbonyl (C=O) groups is 1. The van der Waals surface area contributed by atoms with Gasteiger partial charge in [-0.15, -0.1) is 0 Å². The number of benzene rings is 1. The Kier molecular flexibility index (Phi) is 5.64. The van der Waals surface area contributed by atoms with Gasteiger partial charge in [-0.2, -0.15) is 0 Å². The van der Waals surface area contributed by atoms with E-state index in [9.17, 15) is 9.90 Å². The van der Waals surface area contributed by atoms with Gasteiger partial charge in [0.1, 0.15) is 18.0 Å². The van der Waals surface area contributed by atoms with Gasteiger partial charge in [0.05, 0.1) is 6.54 Å². The van der Waals surface area contributed by atoms with Gasteiger partial charge in [-0.1, -0.05) is 30.5 Å². The van der Waals surface area contributed by atoms with Crippen molar-refractivity contribution in [2.24, 2.45) is 0 Å². The molecule has 138 valence electrons. The van der Waals surface area contributed by atoms with Gasteiger partial charge in [0.2, 0.25) is 5.91 Å². The van der Waals surface area contributed by atoms with E-state index in [1.165, 1.54) is 31.2 Å². The monoisotopic (exact) mass is 346 g/mol. The summed E-state index contributed by atoms with van der Waals surface area (Å²) in [5, 5.41) is 11.3. The Morgan fingerprint density at radius 3 is 2.52 bits per heavy atom. The first kappa shape index (κ1) is 18.2.